The summed E-state index contributed by atoms with van der Waals surface area (Å²) in [6.07, 6.45) is 0.595. The molecule has 0 fully saturated rings. The van der Waals surface area contributed by atoms with Gasteiger partial charge in [-0.15, -0.1) is 0 Å². The topological polar surface area (TPSA) is 119 Å². The molecule has 0 spiro atoms. The van der Waals surface area contributed by atoms with Crippen LogP contribution in [0.2, 0.25) is 0 Å². The van der Waals surface area contributed by atoms with Gasteiger partial charge in [0.1, 0.15) is 5.75 Å². The summed E-state index contributed by atoms with van der Waals surface area (Å²) in [7, 11) is -3.93. The Hall–Kier alpha value is -4.18. The van der Waals surface area contributed by atoms with Crippen molar-refractivity contribution in [3.05, 3.63) is 83.4 Å². The summed E-state index contributed by atoms with van der Waals surface area (Å²) in [5.74, 6) is -1.21. The Kier molecular flexibility index (Phi) is 5.97. The van der Waals surface area contributed by atoms with E-state index in [0.717, 1.165) is 5.56 Å². The average molecular weight is 507 g/mol. The minimum atomic E-state index is -3.93. The average Bonchev–Trinajstić information content (AvgIpc) is 3.23. The summed E-state index contributed by atoms with van der Waals surface area (Å²) in [4.78, 5) is 36.7. The van der Waals surface area contributed by atoms with Gasteiger partial charge in [-0.3, -0.25) is 13.9 Å². The molecule has 3 aromatic carbocycles. The van der Waals surface area contributed by atoms with E-state index in [1.165, 1.54) is 40.7 Å². The molecule has 10 heteroatoms. The first kappa shape index (κ1) is 23.6. The van der Waals surface area contributed by atoms with Crippen molar-refractivity contribution in [2.75, 3.05) is 22.8 Å². The Morgan fingerprint density at radius 1 is 1.06 bits per heavy atom. The minimum Gasteiger partial charge on any atom is -0.482 e. The van der Waals surface area contributed by atoms with Gasteiger partial charge in [0.25, 0.3) is 15.9 Å². The van der Waals surface area contributed by atoms with Crippen LogP contribution in [0.5, 0.6) is 5.75 Å². The van der Waals surface area contributed by atoms with Gasteiger partial charge < -0.3 is 14.8 Å². The fraction of sp³-hybridized carbons (Fsp3) is 0.192. The highest BCUT2D eigenvalue weighted by molar-refractivity contribution is 7.92. The van der Waals surface area contributed by atoms with Crippen LogP contribution >= 0.6 is 0 Å². The molecule has 1 atom stereocenters. The molecule has 9 nitrogen and oxygen atoms in total. The number of ketones is 1. The van der Waals surface area contributed by atoms with E-state index in [-0.39, 0.29) is 34.6 Å². The molecule has 0 saturated heterocycles. The Morgan fingerprint density at radius 2 is 1.86 bits per heavy atom. The molecule has 3 aromatic rings. The fourth-order valence-electron chi connectivity index (χ4n) is 4.35. The standard InChI is InChI=1S/C26H22N2O7S/c1-16-11-17-5-2-3-8-22(17)28(16)36(32,33)20-7-4-6-19(12-20)26(31)35-14-23(29)18-9-10-24-21(13-18)27-25(30)15-34-24/h2-10,12-13,16H,11,14-15H2,1H3,(H,27,30). The first-order valence-electron chi connectivity index (χ1n) is 11.2. The monoisotopic (exact) mass is 506 g/mol. The summed E-state index contributed by atoms with van der Waals surface area (Å²) in [5, 5.41) is 2.61. The lowest BCUT2D eigenvalue weighted by atomic mass is 10.1. The van der Waals surface area contributed by atoms with E-state index in [1.54, 1.807) is 18.2 Å². The lowest BCUT2D eigenvalue weighted by molar-refractivity contribution is -0.118. The number of hydrogen-bond donors (Lipinski definition) is 1. The molecule has 0 aromatic heterocycles. The Balaban J connectivity index is 1.30. The van der Waals surface area contributed by atoms with E-state index in [0.29, 0.717) is 23.5 Å². The third kappa shape index (κ3) is 4.31. The summed E-state index contributed by atoms with van der Waals surface area (Å²) in [5.41, 5.74) is 2.16. The van der Waals surface area contributed by atoms with Gasteiger partial charge in [0.05, 0.1) is 21.8 Å². The van der Waals surface area contributed by atoms with E-state index in [4.69, 9.17) is 9.47 Å². The number of para-hydroxylation sites is 1. The van der Waals surface area contributed by atoms with Crippen molar-refractivity contribution in [1.29, 1.82) is 0 Å². The first-order chi connectivity index (χ1) is 17.2. The molecular weight excluding hydrogens is 484 g/mol. The maximum Gasteiger partial charge on any atom is 0.338 e. The van der Waals surface area contributed by atoms with Crippen LogP contribution in [0.25, 0.3) is 0 Å². The number of nitrogens with one attached hydrogen (secondary N) is 1. The third-order valence-corrected chi connectivity index (χ3v) is 7.96. The second kappa shape index (κ2) is 9.12. The highest BCUT2D eigenvalue weighted by atomic mass is 32.2. The van der Waals surface area contributed by atoms with Crippen molar-refractivity contribution in [2.45, 2.75) is 24.3 Å². The molecule has 5 rings (SSSR count). The molecule has 0 radical (unpaired) electrons. The zero-order valence-electron chi connectivity index (χ0n) is 19.3. The van der Waals surface area contributed by atoms with Crippen LogP contribution in [0.4, 0.5) is 11.4 Å². The van der Waals surface area contributed by atoms with Gasteiger partial charge in [0.15, 0.2) is 19.0 Å². The number of carbonyl (C=O) groups is 3. The zero-order valence-corrected chi connectivity index (χ0v) is 20.1. The Labute approximate surface area is 207 Å². The lowest BCUT2D eigenvalue weighted by Gasteiger charge is -2.24. The van der Waals surface area contributed by atoms with Crippen LogP contribution in [-0.4, -0.2) is 45.3 Å². The normalized spacial score (nSPS) is 16.4. The van der Waals surface area contributed by atoms with Crippen molar-refractivity contribution in [3.63, 3.8) is 0 Å². The first-order valence-corrected chi connectivity index (χ1v) is 12.7. The second-order valence-corrected chi connectivity index (χ2v) is 10.4. The maximum atomic E-state index is 13.5. The smallest absolute Gasteiger partial charge is 0.338 e. The zero-order chi connectivity index (χ0) is 25.4. The van der Waals surface area contributed by atoms with E-state index in [2.05, 4.69) is 5.32 Å². The van der Waals surface area contributed by atoms with Gasteiger partial charge >= 0.3 is 5.97 Å². The number of sulfonamides is 1. The number of amides is 1. The number of ether oxygens (including phenoxy) is 2. The van der Waals surface area contributed by atoms with Crippen molar-refractivity contribution in [2.24, 2.45) is 0 Å². The van der Waals surface area contributed by atoms with Gasteiger partial charge in [-0.2, -0.15) is 0 Å². The van der Waals surface area contributed by atoms with E-state index < -0.39 is 28.4 Å². The van der Waals surface area contributed by atoms with Crippen molar-refractivity contribution in [3.8, 4) is 5.75 Å². The molecule has 1 amide bonds. The predicted octanol–water partition coefficient (Wildman–Crippen LogP) is 3.20. The number of nitrogens with zero attached hydrogens (tertiary/aromatic N) is 1. The van der Waals surface area contributed by atoms with Gasteiger partial charge in [0.2, 0.25) is 0 Å². The van der Waals surface area contributed by atoms with E-state index in [1.807, 2.05) is 19.1 Å². The number of rotatable bonds is 6. The molecule has 2 aliphatic heterocycles. The molecule has 1 unspecified atom stereocenters. The van der Waals surface area contributed by atoms with Crippen LogP contribution in [0.3, 0.4) is 0 Å². The van der Waals surface area contributed by atoms with Crippen molar-refractivity contribution < 1.29 is 32.3 Å². The molecule has 2 heterocycles. The van der Waals surface area contributed by atoms with Gasteiger partial charge in [-0.05, 0) is 61.4 Å². The second-order valence-electron chi connectivity index (χ2n) is 8.56. The van der Waals surface area contributed by atoms with Gasteiger partial charge in [-0.1, -0.05) is 24.3 Å². The third-order valence-electron chi connectivity index (χ3n) is 6.04. The van der Waals surface area contributed by atoms with Gasteiger partial charge in [0, 0.05) is 11.6 Å². The van der Waals surface area contributed by atoms with Crippen LogP contribution in [0.15, 0.2) is 71.6 Å². The van der Waals surface area contributed by atoms with Crippen LogP contribution < -0.4 is 14.4 Å². The molecule has 0 bridgehead atoms. The number of hydrogen-bond acceptors (Lipinski definition) is 7. The van der Waals surface area contributed by atoms with Crippen molar-refractivity contribution >= 4 is 39.1 Å². The number of esters is 1. The van der Waals surface area contributed by atoms with Crippen molar-refractivity contribution in [1.82, 2.24) is 0 Å². The Bertz CT molecular complexity index is 1500. The summed E-state index contributed by atoms with van der Waals surface area (Å²) < 4.78 is 38.7. The fourth-order valence-corrected chi connectivity index (χ4v) is 6.09. The molecule has 36 heavy (non-hydrogen) atoms. The van der Waals surface area contributed by atoms with Crippen LogP contribution in [0, 0.1) is 0 Å². The lowest BCUT2D eigenvalue weighted by Crippen LogP contribution is -2.35. The quantitative estimate of drug-likeness (QED) is 0.403. The largest absolute Gasteiger partial charge is 0.482 e. The number of carbonyl (C=O) groups excluding carboxylic acids is 3. The highest BCUT2D eigenvalue weighted by Gasteiger charge is 2.36. The molecule has 1 N–H and O–H groups in total. The molecule has 0 saturated carbocycles. The predicted molar refractivity (Wildman–Crippen MR) is 131 cm³/mol. The summed E-state index contributed by atoms with van der Waals surface area (Å²) >= 11 is 0. The minimum absolute atomic E-state index is 0.00937. The highest BCUT2D eigenvalue weighted by Crippen LogP contribution is 2.36. The Morgan fingerprint density at radius 3 is 2.69 bits per heavy atom. The molecule has 184 valence electrons. The summed E-state index contributed by atoms with van der Waals surface area (Å²) in [6, 6.07) is 17.1. The van der Waals surface area contributed by atoms with Gasteiger partial charge in [-0.25, -0.2) is 13.2 Å². The number of anilines is 2. The van der Waals surface area contributed by atoms with E-state index >= 15 is 0 Å². The number of Topliss-reactive ketones (excluding diaryl/α,β-unsaturated/α-hetero) is 1. The number of fused-ring (bicyclic) bond motifs is 2. The SMILES string of the molecule is CC1Cc2ccccc2N1S(=O)(=O)c1cccc(C(=O)OCC(=O)c2ccc3c(c2)NC(=O)CO3)c1. The molecular formula is C26H22N2O7S. The molecule has 2 aliphatic rings. The number of benzene rings is 3. The summed E-state index contributed by atoms with van der Waals surface area (Å²) in [6.45, 7) is 1.18. The maximum absolute atomic E-state index is 13.5. The molecule has 0 aliphatic carbocycles. The van der Waals surface area contributed by atoms with Crippen LogP contribution in [0.1, 0.15) is 33.2 Å². The van der Waals surface area contributed by atoms with E-state index in [9.17, 15) is 22.8 Å². The van der Waals surface area contributed by atoms with Crippen LogP contribution in [-0.2, 0) is 26.0 Å².